The molecule has 0 aliphatic carbocycles. The summed E-state index contributed by atoms with van der Waals surface area (Å²) in [6.45, 7) is 4.11. The Kier molecular flexibility index (Phi) is 3.61. The number of hydrogen-bond donors (Lipinski definition) is 0. The number of halogens is 1. The Morgan fingerprint density at radius 3 is 2.80 bits per heavy atom. The number of thiophene rings is 1. The lowest BCUT2D eigenvalue weighted by Gasteiger charge is -2.01. The van der Waals surface area contributed by atoms with Gasteiger partial charge in [-0.3, -0.25) is 0 Å². The van der Waals surface area contributed by atoms with Crippen LogP contribution in [0.5, 0.6) is 0 Å². The van der Waals surface area contributed by atoms with Crippen LogP contribution in [0.1, 0.15) is 16.3 Å². The summed E-state index contributed by atoms with van der Waals surface area (Å²) in [6.07, 6.45) is 0. The SMILES string of the molecule is Cc1sc2nc(CSc3nnnn3C)nc(Cl)c2c1C. The molecule has 3 rings (SSSR count). The predicted molar refractivity (Wildman–Crippen MR) is 80.3 cm³/mol. The van der Waals surface area contributed by atoms with Crippen molar-refractivity contribution in [2.24, 2.45) is 7.05 Å². The number of aromatic nitrogens is 6. The third-order valence-corrected chi connectivity index (χ3v) is 5.32. The van der Waals surface area contributed by atoms with Crippen molar-refractivity contribution in [3.8, 4) is 0 Å². The first-order chi connectivity index (χ1) is 9.56. The molecule has 6 nitrogen and oxygen atoms in total. The fourth-order valence-electron chi connectivity index (χ4n) is 1.78. The lowest BCUT2D eigenvalue weighted by Crippen LogP contribution is -1.96. The summed E-state index contributed by atoms with van der Waals surface area (Å²) in [5, 5.41) is 13.5. The van der Waals surface area contributed by atoms with E-state index < -0.39 is 0 Å². The molecule has 0 N–H and O–H groups in total. The van der Waals surface area contributed by atoms with Crippen molar-refractivity contribution in [3.63, 3.8) is 0 Å². The van der Waals surface area contributed by atoms with Crippen molar-refractivity contribution in [2.45, 2.75) is 24.8 Å². The standard InChI is InChI=1S/C11H11ClN6S2/c1-5-6(2)20-10-8(5)9(12)13-7(14-10)4-19-11-15-16-17-18(11)3/h4H2,1-3H3. The molecule has 0 bridgehead atoms. The molecule has 3 heterocycles. The van der Waals surface area contributed by atoms with E-state index in [0.717, 1.165) is 20.9 Å². The van der Waals surface area contributed by atoms with Gasteiger partial charge in [0.05, 0.1) is 11.1 Å². The predicted octanol–water partition coefficient (Wildman–Crippen LogP) is 2.78. The third-order valence-electron chi connectivity index (χ3n) is 2.94. The van der Waals surface area contributed by atoms with Crippen molar-refractivity contribution in [1.29, 1.82) is 0 Å². The monoisotopic (exact) mass is 326 g/mol. The highest BCUT2D eigenvalue weighted by atomic mass is 35.5. The van der Waals surface area contributed by atoms with Gasteiger partial charge in [0.25, 0.3) is 0 Å². The topological polar surface area (TPSA) is 69.4 Å². The summed E-state index contributed by atoms with van der Waals surface area (Å²) in [7, 11) is 1.80. The lowest BCUT2D eigenvalue weighted by molar-refractivity contribution is 0.664. The second-order valence-corrected chi connectivity index (χ2v) is 6.77. The van der Waals surface area contributed by atoms with Crippen molar-refractivity contribution in [1.82, 2.24) is 30.2 Å². The Morgan fingerprint density at radius 1 is 1.30 bits per heavy atom. The van der Waals surface area contributed by atoms with E-state index in [1.54, 1.807) is 23.1 Å². The van der Waals surface area contributed by atoms with Gasteiger partial charge in [-0.05, 0) is 29.8 Å². The summed E-state index contributed by atoms with van der Waals surface area (Å²) >= 11 is 9.40. The number of fused-ring (bicyclic) bond motifs is 1. The fourth-order valence-corrected chi connectivity index (χ4v) is 3.92. The lowest BCUT2D eigenvalue weighted by atomic mass is 10.2. The highest BCUT2D eigenvalue weighted by molar-refractivity contribution is 7.98. The molecule has 0 aromatic carbocycles. The minimum absolute atomic E-state index is 0.517. The van der Waals surface area contributed by atoms with E-state index in [4.69, 9.17) is 11.6 Å². The Balaban J connectivity index is 1.91. The largest absolute Gasteiger partial charge is 0.224 e. The van der Waals surface area contributed by atoms with Crippen LogP contribution in [0.25, 0.3) is 10.2 Å². The molecule has 0 radical (unpaired) electrons. The van der Waals surface area contributed by atoms with E-state index in [2.05, 4.69) is 32.4 Å². The number of rotatable bonds is 3. The van der Waals surface area contributed by atoms with Crippen LogP contribution in [0.2, 0.25) is 5.15 Å². The number of nitrogens with zero attached hydrogens (tertiary/aromatic N) is 6. The average molecular weight is 327 g/mol. The Labute approximate surface area is 128 Å². The van der Waals surface area contributed by atoms with Gasteiger partial charge in [0.15, 0.2) is 0 Å². The van der Waals surface area contributed by atoms with Crippen LogP contribution in [0.4, 0.5) is 0 Å². The number of hydrogen-bond acceptors (Lipinski definition) is 7. The van der Waals surface area contributed by atoms with Crippen LogP contribution in [0.3, 0.4) is 0 Å². The van der Waals surface area contributed by atoms with Crippen molar-refractivity contribution < 1.29 is 0 Å². The molecule has 104 valence electrons. The zero-order valence-corrected chi connectivity index (χ0v) is 13.5. The highest BCUT2D eigenvalue weighted by Gasteiger charge is 2.14. The van der Waals surface area contributed by atoms with E-state index in [0.29, 0.717) is 16.7 Å². The Bertz CT molecular complexity index is 781. The molecule has 0 unspecified atom stereocenters. The number of tetrazole rings is 1. The van der Waals surface area contributed by atoms with E-state index in [9.17, 15) is 0 Å². The van der Waals surface area contributed by atoms with Gasteiger partial charge >= 0.3 is 0 Å². The second kappa shape index (κ2) is 5.27. The van der Waals surface area contributed by atoms with Crippen LogP contribution in [-0.2, 0) is 12.8 Å². The number of thioether (sulfide) groups is 1. The molecule has 0 saturated carbocycles. The van der Waals surface area contributed by atoms with Gasteiger partial charge in [0.1, 0.15) is 15.8 Å². The van der Waals surface area contributed by atoms with Crippen LogP contribution >= 0.6 is 34.7 Å². The molecular formula is C11H11ClN6S2. The molecule has 9 heteroatoms. The van der Waals surface area contributed by atoms with E-state index in [-0.39, 0.29) is 0 Å². The zero-order valence-electron chi connectivity index (χ0n) is 11.1. The zero-order chi connectivity index (χ0) is 14.3. The van der Waals surface area contributed by atoms with Gasteiger partial charge in [-0.25, -0.2) is 14.6 Å². The minimum Gasteiger partial charge on any atom is -0.224 e. The third kappa shape index (κ3) is 2.38. The number of aryl methyl sites for hydroxylation is 3. The van der Waals surface area contributed by atoms with Gasteiger partial charge < -0.3 is 0 Å². The summed E-state index contributed by atoms with van der Waals surface area (Å²) < 4.78 is 1.62. The second-order valence-electron chi connectivity index (χ2n) is 4.27. The molecule has 3 aromatic heterocycles. The van der Waals surface area contributed by atoms with E-state index in [1.807, 2.05) is 6.92 Å². The maximum absolute atomic E-state index is 6.27. The van der Waals surface area contributed by atoms with Crippen LogP contribution in [0.15, 0.2) is 5.16 Å². The normalized spacial score (nSPS) is 11.4. The quantitative estimate of drug-likeness (QED) is 0.544. The molecule has 0 saturated heterocycles. The van der Waals surface area contributed by atoms with Gasteiger partial charge in [-0.2, -0.15) is 0 Å². The highest BCUT2D eigenvalue weighted by Crippen LogP contribution is 2.33. The van der Waals surface area contributed by atoms with Gasteiger partial charge in [0, 0.05) is 11.9 Å². The molecule has 20 heavy (non-hydrogen) atoms. The molecule has 3 aromatic rings. The van der Waals surface area contributed by atoms with Crippen molar-refractivity contribution in [2.75, 3.05) is 0 Å². The van der Waals surface area contributed by atoms with Crippen LogP contribution in [-0.4, -0.2) is 30.2 Å². The fraction of sp³-hybridized carbons (Fsp3) is 0.364. The van der Waals surface area contributed by atoms with E-state index in [1.165, 1.54) is 16.6 Å². The Hall–Kier alpha value is -1.25. The first-order valence-corrected chi connectivity index (χ1v) is 8.01. The minimum atomic E-state index is 0.517. The van der Waals surface area contributed by atoms with Gasteiger partial charge in [-0.15, -0.1) is 16.4 Å². The van der Waals surface area contributed by atoms with Crippen LogP contribution in [0, 0.1) is 13.8 Å². The van der Waals surface area contributed by atoms with Crippen molar-refractivity contribution in [3.05, 3.63) is 21.4 Å². The smallest absolute Gasteiger partial charge is 0.209 e. The summed E-state index contributed by atoms with van der Waals surface area (Å²) in [6, 6.07) is 0. The molecule has 0 amide bonds. The molecular weight excluding hydrogens is 316 g/mol. The first kappa shape index (κ1) is 13.7. The van der Waals surface area contributed by atoms with Crippen molar-refractivity contribution >= 4 is 44.9 Å². The van der Waals surface area contributed by atoms with Gasteiger partial charge in [-0.1, -0.05) is 23.4 Å². The summed E-state index contributed by atoms with van der Waals surface area (Å²) in [5.41, 5.74) is 1.16. The average Bonchev–Trinajstić information content (AvgIpc) is 2.92. The molecule has 0 aliphatic heterocycles. The van der Waals surface area contributed by atoms with Gasteiger partial charge in [0.2, 0.25) is 5.16 Å². The molecule has 0 spiro atoms. The molecule has 0 aliphatic rings. The van der Waals surface area contributed by atoms with Crippen LogP contribution < -0.4 is 0 Å². The molecule has 0 fully saturated rings. The first-order valence-electron chi connectivity index (χ1n) is 5.83. The maximum atomic E-state index is 6.27. The summed E-state index contributed by atoms with van der Waals surface area (Å²) in [4.78, 5) is 11.1. The van der Waals surface area contributed by atoms with E-state index >= 15 is 0 Å². The summed E-state index contributed by atoms with van der Waals surface area (Å²) in [5.74, 6) is 1.27. The maximum Gasteiger partial charge on any atom is 0.209 e. The Morgan fingerprint density at radius 2 is 2.10 bits per heavy atom. The molecule has 0 atom stereocenters.